The summed E-state index contributed by atoms with van der Waals surface area (Å²) in [6, 6.07) is 7.58. The Balaban J connectivity index is 2.18. The van der Waals surface area contributed by atoms with Crippen molar-refractivity contribution in [2.45, 2.75) is 25.7 Å². The van der Waals surface area contributed by atoms with E-state index in [9.17, 15) is 4.79 Å². The summed E-state index contributed by atoms with van der Waals surface area (Å²) in [6.45, 7) is 0. The van der Waals surface area contributed by atoms with Crippen LogP contribution in [0.3, 0.4) is 0 Å². The first kappa shape index (κ1) is 11.5. The molecule has 3 rings (SSSR count). The summed E-state index contributed by atoms with van der Waals surface area (Å²) in [7, 11) is 0. The van der Waals surface area contributed by atoms with Crippen LogP contribution in [-0.4, -0.2) is 10.2 Å². The average Bonchev–Trinajstić information content (AvgIpc) is 2.41. The highest BCUT2D eigenvalue weighted by molar-refractivity contribution is 6.30. The van der Waals surface area contributed by atoms with Crippen molar-refractivity contribution in [1.29, 1.82) is 0 Å². The first-order chi connectivity index (χ1) is 8.75. The third-order valence-electron chi connectivity index (χ3n) is 3.41. The molecule has 0 fully saturated rings. The Bertz CT molecular complexity index is 631. The van der Waals surface area contributed by atoms with E-state index >= 15 is 0 Å². The van der Waals surface area contributed by atoms with Crippen molar-refractivity contribution in [1.82, 2.24) is 10.2 Å². The molecule has 1 N–H and O–H groups in total. The summed E-state index contributed by atoms with van der Waals surface area (Å²) in [5.41, 5.74) is 3.87. The first-order valence-corrected chi connectivity index (χ1v) is 6.50. The molecule has 0 spiro atoms. The maximum atomic E-state index is 11.8. The van der Waals surface area contributed by atoms with E-state index in [-0.39, 0.29) is 5.56 Å². The van der Waals surface area contributed by atoms with E-state index < -0.39 is 0 Å². The van der Waals surface area contributed by atoms with Crippen LogP contribution in [0.4, 0.5) is 0 Å². The van der Waals surface area contributed by atoms with Crippen LogP contribution in [0, 0.1) is 0 Å². The highest BCUT2D eigenvalue weighted by Gasteiger charge is 2.18. The second-order valence-corrected chi connectivity index (χ2v) is 5.01. The van der Waals surface area contributed by atoms with E-state index in [0.29, 0.717) is 5.02 Å². The van der Waals surface area contributed by atoms with Gasteiger partial charge in [-0.15, -0.1) is 0 Å². The van der Waals surface area contributed by atoms with E-state index in [2.05, 4.69) is 10.2 Å². The molecule has 0 amide bonds. The molecule has 0 saturated carbocycles. The van der Waals surface area contributed by atoms with Gasteiger partial charge in [-0.3, -0.25) is 4.79 Å². The fraction of sp³-hybridized carbons (Fsp3) is 0.286. The van der Waals surface area contributed by atoms with Crippen molar-refractivity contribution < 1.29 is 0 Å². The van der Waals surface area contributed by atoms with Crippen LogP contribution in [0.1, 0.15) is 24.0 Å². The lowest BCUT2D eigenvalue weighted by atomic mass is 9.90. The minimum atomic E-state index is -0.0394. The summed E-state index contributed by atoms with van der Waals surface area (Å²) in [5.74, 6) is 0. The van der Waals surface area contributed by atoms with E-state index in [4.69, 9.17) is 11.6 Å². The molecule has 0 radical (unpaired) electrons. The molecular weight excluding hydrogens is 248 g/mol. The minimum Gasteiger partial charge on any atom is -0.268 e. The Morgan fingerprint density at radius 3 is 2.44 bits per heavy atom. The molecule has 1 heterocycles. The zero-order valence-electron chi connectivity index (χ0n) is 9.87. The number of fused-ring (bicyclic) bond motifs is 1. The fourth-order valence-corrected chi connectivity index (χ4v) is 2.63. The van der Waals surface area contributed by atoms with Crippen LogP contribution in [0.2, 0.25) is 5.02 Å². The van der Waals surface area contributed by atoms with Crippen molar-refractivity contribution in [2.24, 2.45) is 0 Å². The lowest BCUT2D eigenvalue weighted by Crippen LogP contribution is -2.21. The van der Waals surface area contributed by atoms with Crippen molar-refractivity contribution in [3.05, 3.63) is 50.8 Å². The Hall–Kier alpha value is -1.61. The van der Waals surface area contributed by atoms with E-state index in [1.54, 1.807) is 0 Å². The van der Waals surface area contributed by atoms with Crippen molar-refractivity contribution in [2.75, 3.05) is 0 Å². The van der Waals surface area contributed by atoms with Crippen LogP contribution in [-0.2, 0) is 12.8 Å². The van der Waals surface area contributed by atoms with Crippen LogP contribution in [0.25, 0.3) is 11.3 Å². The summed E-state index contributed by atoms with van der Waals surface area (Å²) in [4.78, 5) is 11.8. The molecule has 4 heteroatoms. The Labute approximate surface area is 110 Å². The zero-order chi connectivity index (χ0) is 12.5. The molecule has 1 aromatic heterocycles. The average molecular weight is 261 g/mol. The third kappa shape index (κ3) is 1.95. The van der Waals surface area contributed by atoms with Crippen molar-refractivity contribution in [3.8, 4) is 11.3 Å². The molecule has 1 aliphatic carbocycles. The predicted octanol–water partition coefficient (Wildman–Crippen LogP) is 2.97. The summed E-state index contributed by atoms with van der Waals surface area (Å²) in [5, 5.41) is 7.52. The van der Waals surface area contributed by atoms with E-state index in [1.807, 2.05) is 24.3 Å². The van der Waals surface area contributed by atoms with Gasteiger partial charge in [0.25, 0.3) is 5.56 Å². The molecule has 3 nitrogen and oxygen atoms in total. The van der Waals surface area contributed by atoms with E-state index in [0.717, 1.165) is 48.1 Å². The lowest BCUT2D eigenvalue weighted by Gasteiger charge is -2.17. The molecular formula is C14H13ClN2O. The molecule has 0 saturated heterocycles. The van der Waals surface area contributed by atoms with Gasteiger partial charge in [0.05, 0.1) is 5.69 Å². The second-order valence-electron chi connectivity index (χ2n) is 4.57. The molecule has 0 unspecified atom stereocenters. The van der Waals surface area contributed by atoms with Crippen molar-refractivity contribution in [3.63, 3.8) is 0 Å². The fourth-order valence-electron chi connectivity index (χ4n) is 2.51. The summed E-state index contributed by atoms with van der Waals surface area (Å²) < 4.78 is 0. The number of benzene rings is 1. The summed E-state index contributed by atoms with van der Waals surface area (Å²) >= 11 is 5.89. The molecule has 0 atom stereocenters. The van der Waals surface area contributed by atoms with Gasteiger partial charge in [-0.05, 0) is 43.4 Å². The quantitative estimate of drug-likeness (QED) is 0.857. The normalized spacial score (nSPS) is 14.3. The predicted molar refractivity (Wildman–Crippen MR) is 71.9 cm³/mol. The molecule has 0 aliphatic heterocycles. The number of rotatable bonds is 1. The Kier molecular flexibility index (Phi) is 2.92. The van der Waals surface area contributed by atoms with Gasteiger partial charge >= 0.3 is 0 Å². The number of nitrogens with one attached hydrogen (secondary N) is 1. The van der Waals surface area contributed by atoms with Crippen LogP contribution in [0.5, 0.6) is 0 Å². The summed E-state index contributed by atoms with van der Waals surface area (Å²) in [6.07, 6.45) is 4.00. The highest BCUT2D eigenvalue weighted by atomic mass is 35.5. The monoisotopic (exact) mass is 260 g/mol. The first-order valence-electron chi connectivity index (χ1n) is 6.12. The molecule has 92 valence electrons. The van der Waals surface area contributed by atoms with Crippen molar-refractivity contribution >= 4 is 11.6 Å². The van der Waals surface area contributed by atoms with Gasteiger partial charge in [-0.1, -0.05) is 23.7 Å². The lowest BCUT2D eigenvalue weighted by molar-refractivity contribution is 0.669. The van der Waals surface area contributed by atoms with Gasteiger partial charge in [-0.25, -0.2) is 5.10 Å². The topological polar surface area (TPSA) is 45.8 Å². The maximum absolute atomic E-state index is 11.8. The number of aromatic amines is 1. The molecule has 0 bridgehead atoms. The van der Waals surface area contributed by atoms with Gasteiger partial charge in [0.1, 0.15) is 0 Å². The van der Waals surface area contributed by atoms with Gasteiger partial charge < -0.3 is 0 Å². The Morgan fingerprint density at radius 2 is 1.72 bits per heavy atom. The van der Waals surface area contributed by atoms with E-state index in [1.165, 1.54) is 0 Å². The Morgan fingerprint density at radius 1 is 1.06 bits per heavy atom. The minimum absolute atomic E-state index is 0.0394. The number of halogens is 1. The van der Waals surface area contributed by atoms with Crippen LogP contribution < -0.4 is 5.56 Å². The maximum Gasteiger partial charge on any atom is 0.267 e. The highest BCUT2D eigenvalue weighted by Crippen LogP contribution is 2.28. The number of H-pyrrole nitrogens is 1. The largest absolute Gasteiger partial charge is 0.268 e. The van der Waals surface area contributed by atoms with Gasteiger partial charge in [-0.2, -0.15) is 5.10 Å². The molecule has 1 aromatic carbocycles. The SMILES string of the molecule is O=c1[nH]nc(-c2ccc(Cl)cc2)c2c1CCCC2. The zero-order valence-corrected chi connectivity index (χ0v) is 10.6. The van der Waals surface area contributed by atoms with Crippen LogP contribution in [0.15, 0.2) is 29.1 Å². The second kappa shape index (κ2) is 4.58. The number of aromatic nitrogens is 2. The molecule has 2 aromatic rings. The van der Waals surface area contributed by atoms with Gasteiger partial charge in [0, 0.05) is 16.1 Å². The third-order valence-corrected chi connectivity index (χ3v) is 3.67. The number of hydrogen-bond acceptors (Lipinski definition) is 2. The van der Waals surface area contributed by atoms with Gasteiger partial charge in [0.15, 0.2) is 0 Å². The van der Waals surface area contributed by atoms with Crippen LogP contribution >= 0.6 is 11.6 Å². The number of hydrogen-bond donors (Lipinski definition) is 1. The molecule has 1 aliphatic rings. The molecule has 18 heavy (non-hydrogen) atoms. The number of nitrogens with zero attached hydrogens (tertiary/aromatic N) is 1. The smallest absolute Gasteiger partial charge is 0.267 e. The standard InChI is InChI=1S/C14H13ClN2O/c15-10-7-5-9(6-8-10)13-11-3-1-2-4-12(11)14(18)17-16-13/h5-8H,1-4H2,(H,17,18). The van der Waals surface area contributed by atoms with Gasteiger partial charge in [0.2, 0.25) is 0 Å².